The number of carbonyl (C=O) groups excluding carboxylic acids is 1. The molecule has 2 aromatic rings. The fourth-order valence-corrected chi connectivity index (χ4v) is 1.74. The Morgan fingerprint density at radius 2 is 1.95 bits per heavy atom. The Labute approximate surface area is 126 Å². The number of hydrazone groups is 1. The highest BCUT2D eigenvalue weighted by atomic mass is 16.6. The maximum Gasteiger partial charge on any atom is 0.273 e. The second-order valence-electron chi connectivity index (χ2n) is 4.40. The maximum atomic E-state index is 11.7. The molecule has 1 atom stereocenters. The highest BCUT2D eigenvalue weighted by Crippen LogP contribution is 2.12. The van der Waals surface area contributed by atoms with Crippen LogP contribution in [0, 0.1) is 10.1 Å². The lowest BCUT2D eigenvalue weighted by Crippen LogP contribution is -2.25. The highest BCUT2D eigenvalue weighted by molar-refractivity contribution is 5.85. The summed E-state index contributed by atoms with van der Waals surface area (Å²) in [4.78, 5) is 21.8. The average Bonchev–Trinajstić information content (AvgIpc) is 2.55. The number of hydrogen-bond donors (Lipinski definition) is 2. The Balaban J connectivity index is 1.99. The number of amides is 1. The van der Waals surface area contributed by atoms with E-state index in [9.17, 15) is 20.0 Å². The third-order valence-electron chi connectivity index (χ3n) is 2.83. The molecule has 1 amide bonds. The molecule has 0 saturated heterocycles. The zero-order valence-electron chi connectivity index (χ0n) is 11.4. The van der Waals surface area contributed by atoms with Gasteiger partial charge in [0.2, 0.25) is 0 Å². The summed E-state index contributed by atoms with van der Waals surface area (Å²) in [7, 11) is 0. The number of hydrogen-bond acceptors (Lipinski definition) is 5. The minimum absolute atomic E-state index is 0.0698. The maximum absolute atomic E-state index is 11.7. The van der Waals surface area contributed by atoms with Gasteiger partial charge >= 0.3 is 0 Å². The summed E-state index contributed by atoms with van der Waals surface area (Å²) < 4.78 is 0. The smallest absolute Gasteiger partial charge is 0.273 e. The van der Waals surface area contributed by atoms with Gasteiger partial charge in [-0.15, -0.1) is 0 Å². The highest BCUT2D eigenvalue weighted by Gasteiger charge is 2.15. The van der Waals surface area contributed by atoms with Crippen LogP contribution in [0.4, 0.5) is 5.69 Å². The van der Waals surface area contributed by atoms with Crippen molar-refractivity contribution < 1.29 is 14.8 Å². The molecular formula is C15H13N3O4. The molecule has 0 heterocycles. The molecule has 22 heavy (non-hydrogen) atoms. The van der Waals surface area contributed by atoms with Crippen molar-refractivity contribution in [2.24, 2.45) is 5.10 Å². The molecule has 0 bridgehead atoms. The SMILES string of the molecule is O=C(NN=Cc1cccc([N+](=O)[O-])c1)[C@H](O)c1ccccc1. The minimum Gasteiger partial charge on any atom is -0.378 e. The summed E-state index contributed by atoms with van der Waals surface area (Å²) in [6, 6.07) is 14.2. The Morgan fingerprint density at radius 3 is 2.64 bits per heavy atom. The van der Waals surface area contributed by atoms with Crippen LogP contribution in [0.3, 0.4) is 0 Å². The van der Waals surface area contributed by atoms with E-state index in [0.29, 0.717) is 11.1 Å². The monoisotopic (exact) mass is 299 g/mol. The van der Waals surface area contributed by atoms with E-state index in [1.807, 2.05) is 0 Å². The Morgan fingerprint density at radius 1 is 1.23 bits per heavy atom. The molecule has 7 heteroatoms. The van der Waals surface area contributed by atoms with Gasteiger partial charge in [0.1, 0.15) is 0 Å². The van der Waals surface area contributed by atoms with Crippen molar-refractivity contribution in [3.05, 3.63) is 75.8 Å². The predicted molar refractivity (Wildman–Crippen MR) is 80.2 cm³/mol. The summed E-state index contributed by atoms with van der Waals surface area (Å²) in [6.07, 6.45) is -0.0636. The number of nitrogens with one attached hydrogen (secondary N) is 1. The van der Waals surface area contributed by atoms with E-state index in [2.05, 4.69) is 10.5 Å². The number of benzene rings is 2. The fraction of sp³-hybridized carbons (Fsp3) is 0.0667. The van der Waals surface area contributed by atoms with Gasteiger partial charge in [-0.25, -0.2) is 5.43 Å². The van der Waals surface area contributed by atoms with E-state index in [1.165, 1.54) is 24.4 Å². The van der Waals surface area contributed by atoms with Gasteiger partial charge in [0, 0.05) is 17.7 Å². The number of carbonyl (C=O) groups is 1. The lowest BCUT2D eigenvalue weighted by Gasteiger charge is -2.08. The first-order chi connectivity index (χ1) is 10.6. The van der Waals surface area contributed by atoms with Crippen LogP contribution >= 0.6 is 0 Å². The molecule has 2 aromatic carbocycles. The van der Waals surface area contributed by atoms with Crippen molar-refractivity contribution in [3.63, 3.8) is 0 Å². The van der Waals surface area contributed by atoms with Gasteiger partial charge in [0.25, 0.3) is 11.6 Å². The van der Waals surface area contributed by atoms with Gasteiger partial charge in [-0.1, -0.05) is 42.5 Å². The average molecular weight is 299 g/mol. The molecule has 7 nitrogen and oxygen atoms in total. The van der Waals surface area contributed by atoms with E-state index < -0.39 is 16.9 Å². The normalized spacial score (nSPS) is 12.0. The molecule has 0 spiro atoms. The van der Waals surface area contributed by atoms with Gasteiger partial charge in [-0.05, 0) is 5.56 Å². The van der Waals surface area contributed by atoms with Crippen LogP contribution in [0.15, 0.2) is 59.7 Å². The first kappa shape index (κ1) is 15.3. The van der Waals surface area contributed by atoms with Crippen LogP contribution < -0.4 is 5.43 Å². The number of nitrogens with zero attached hydrogens (tertiary/aromatic N) is 2. The molecule has 0 aliphatic rings. The standard InChI is InChI=1S/C15H13N3O4/c19-14(12-6-2-1-3-7-12)15(20)17-16-10-11-5-4-8-13(9-11)18(21)22/h1-10,14,19H,(H,17,20)/t14-/m1/s1. The van der Waals surface area contributed by atoms with Gasteiger partial charge in [0.15, 0.2) is 6.10 Å². The molecule has 0 aliphatic carbocycles. The zero-order valence-corrected chi connectivity index (χ0v) is 11.4. The van der Waals surface area contributed by atoms with Crippen molar-refractivity contribution in [1.82, 2.24) is 5.43 Å². The molecule has 2 rings (SSSR count). The molecule has 0 aliphatic heterocycles. The lowest BCUT2D eigenvalue weighted by molar-refractivity contribution is -0.384. The molecule has 0 fully saturated rings. The Hall–Kier alpha value is -3.06. The molecular weight excluding hydrogens is 286 g/mol. The van der Waals surface area contributed by atoms with Crippen molar-refractivity contribution in [2.45, 2.75) is 6.10 Å². The summed E-state index contributed by atoms with van der Waals surface area (Å²) in [5, 5.41) is 24.1. The minimum atomic E-state index is -1.33. The van der Waals surface area contributed by atoms with E-state index in [0.717, 1.165) is 0 Å². The van der Waals surface area contributed by atoms with Crippen molar-refractivity contribution in [3.8, 4) is 0 Å². The number of nitro benzene ring substituents is 1. The van der Waals surface area contributed by atoms with E-state index in [1.54, 1.807) is 36.4 Å². The second kappa shape index (κ2) is 7.09. The summed E-state index contributed by atoms with van der Waals surface area (Å²) >= 11 is 0. The first-order valence-electron chi connectivity index (χ1n) is 6.38. The number of nitro groups is 1. The Kier molecular flexibility index (Phi) is 4.94. The van der Waals surface area contributed by atoms with Crippen molar-refractivity contribution in [1.29, 1.82) is 0 Å². The molecule has 112 valence electrons. The molecule has 2 N–H and O–H groups in total. The van der Waals surface area contributed by atoms with Crippen molar-refractivity contribution in [2.75, 3.05) is 0 Å². The topological polar surface area (TPSA) is 105 Å². The van der Waals surface area contributed by atoms with Gasteiger partial charge < -0.3 is 5.11 Å². The van der Waals surface area contributed by atoms with Crippen LogP contribution in [-0.2, 0) is 4.79 Å². The zero-order chi connectivity index (χ0) is 15.9. The first-order valence-corrected chi connectivity index (χ1v) is 6.38. The fourth-order valence-electron chi connectivity index (χ4n) is 1.74. The third kappa shape index (κ3) is 3.97. The quantitative estimate of drug-likeness (QED) is 0.498. The second-order valence-corrected chi connectivity index (χ2v) is 4.40. The van der Waals surface area contributed by atoms with Crippen LogP contribution in [0.2, 0.25) is 0 Å². The summed E-state index contributed by atoms with van der Waals surface area (Å²) in [5.74, 6) is -0.687. The van der Waals surface area contributed by atoms with E-state index in [4.69, 9.17) is 0 Å². The molecule has 0 unspecified atom stereocenters. The van der Waals surface area contributed by atoms with E-state index >= 15 is 0 Å². The molecule has 0 aromatic heterocycles. The van der Waals surface area contributed by atoms with Crippen LogP contribution in [0.1, 0.15) is 17.2 Å². The van der Waals surface area contributed by atoms with Crippen LogP contribution in [0.5, 0.6) is 0 Å². The van der Waals surface area contributed by atoms with Gasteiger partial charge in [0.05, 0.1) is 11.1 Å². The number of aliphatic hydroxyl groups excluding tert-OH is 1. The van der Waals surface area contributed by atoms with Crippen LogP contribution in [0.25, 0.3) is 0 Å². The number of rotatable bonds is 5. The largest absolute Gasteiger partial charge is 0.378 e. The van der Waals surface area contributed by atoms with Crippen molar-refractivity contribution >= 4 is 17.8 Å². The third-order valence-corrected chi connectivity index (χ3v) is 2.83. The lowest BCUT2D eigenvalue weighted by atomic mass is 10.1. The number of non-ortho nitro benzene ring substituents is 1. The Bertz CT molecular complexity index is 701. The van der Waals surface area contributed by atoms with E-state index in [-0.39, 0.29) is 5.69 Å². The summed E-state index contributed by atoms with van der Waals surface area (Å²) in [6.45, 7) is 0. The van der Waals surface area contributed by atoms with Gasteiger partial charge in [-0.2, -0.15) is 5.10 Å². The number of aliphatic hydroxyl groups is 1. The van der Waals surface area contributed by atoms with Crippen LogP contribution in [-0.4, -0.2) is 22.2 Å². The summed E-state index contributed by atoms with van der Waals surface area (Å²) in [5.41, 5.74) is 3.03. The predicted octanol–water partition coefficient (Wildman–Crippen LogP) is 1.78. The van der Waals surface area contributed by atoms with Gasteiger partial charge in [-0.3, -0.25) is 14.9 Å². The molecule has 0 saturated carbocycles. The molecule has 0 radical (unpaired) electrons.